The molecule has 0 bridgehead atoms. The quantitative estimate of drug-likeness (QED) is 0.658. The third kappa shape index (κ3) is 4.18. The number of nitrogens with one attached hydrogen (secondary N) is 1. The molecule has 0 spiro atoms. The molecular weight excluding hydrogens is 192 g/mol. The highest BCUT2D eigenvalue weighted by atomic mass is 16.5. The molecule has 0 aliphatic carbocycles. The van der Waals surface area contributed by atoms with Gasteiger partial charge in [-0.2, -0.15) is 0 Å². The van der Waals surface area contributed by atoms with Gasteiger partial charge < -0.3 is 15.0 Å². The molecule has 1 rings (SSSR count). The third-order valence-electron chi connectivity index (χ3n) is 2.91. The second-order valence-corrected chi connectivity index (χ2v) is 3.99. The Hall–Kier alpha value is -0.610. The smallest absolute Gasteiger partial charge is 0.322 e. The predicted molar refractivity (Wildman–Crippen MR) is 59.8 cm³/mol. The average Bonchev–Trinajstić information content (AvgIpc) is 2.76. The topological polar surface area (TPSA) is 41.6 Å². The number of methoxy groups -OCH3 is 1. The van der Waals surface area contributed by atoms with Crippen LogP contribution in [0.2, 0.25) is 0 Å². The van der Waals surface area contributed by atoms with Gasteiger partial charge in [-0.05, 0) is 32.4 Å². The molecule has 0 aromatic rings. The zero-order chi connectivity index (χ0) is 11.1. The van der Waals surface area contributed by atoms with Gasteiger partial charge in [-0.25, -0.2) is 0 Å². The second kappa shape index (κ2) is 6.80. The van der Waals surface area contributed by atoms with Crippen LogP contribution in [-0.2, 0) is 9.53 Å². The van der Waals surface area contributed by atoms with Gasteiger partial charge in [0.15, 0.2) is 0 Å². The lowest BCUT2D eigenvalue weighted by molar-refractivity contribution is -0.143. The number of carbonyl (C=O) groups excluding carboxylic acids is 1. The first-order chi connectivity index (χ1) is 7.27. The number of likely N-dealkylation sites (tertiary alicyclic amines) is 1. The minimum absolute atomic E-state index is 0.141. The Bertz CT molecular complexity index is 191. The van der Waals surface area contributed by atoms with Crippen molar-refractivity contribution in [1.82, 2.24) is 10.2 Å². The molecule has 15 heavy (non-hydrogen) atoms. The monoisotopic (exact) mass is 214 g/mol. The zero-order valence-electron chi connectivity index (χ0n) is 9.79. The number of rotatable bonds is 6. The van der Waals surface area contributed by atoms with Crippen molar-refractivity contribution in [2.24, 2.45) is 0 Å². The van der Waals surface area contributed by atoms with E-state index in [2.05, 4.69) is 10.2 Å². The molecule has 0 saturated carbocycles. The number of esters is 1. The summed E-state index contributed by atoms with van der Waals surface area (Å²) in [6.45, 7) is 6.30. The van der Waals surface area contributed by atoms with Crippen molar-refractivity contribution < 1.29 is 9.53 Å². The normalized spacial score (nSPS) is 19.1. The fourth-order valence-corrected chi connectivity index (χ4v) is 1.94. The Morgan fingerprint density at radius 1 is 1.47 bits per heavy atom. The first-order valence-electron chi connectivity index (χ1n) is 5.81. The van der Waals surface area contributed by atoms with Crippen molar-refractivity contribution >= 4 is 5.97 Å². The maximum atomic E-state index is 11.3. The summed E-state index contributed by atoms with van der Waals surface area (Å²) in [4.78, 5) is 13.7. The summed E-state index contributed by atoms with van der Waals surface area (Å²) in [6, 6.07) is -0.141. The van der Waals surface area contributed by atoms with Gasteiger partial charge in [-0.15, -0.1) is 0 Å². The number of ether oxygens (including phenoxy) is 1. The van der Waals surface area contributed by atoms with E-state index < -0.39 is 0 Å². The van der Waals surface area contributed by atoms with Crippen molar-refractivity contribution in [2.45, 2.75) is 32.2 Å². The van der Waals surface area contributed by atoms with Gasteiger partial charge in [0.05, 0.1) is 7.11 Å². The van der Waals surface area contributed by atoms with Crippen LogP contribution in [0.3, 0.4) is 0 Å². The van der Waals surface area contributed by atoms with Crippen LogP contribution in [0.4, 0.5) is 0 Å². The van der Waals surface area contributed by atoms with Gasteiger partial charge in [0.1, 0.15) is 6.04 Å². The van der Waals surface area contributed by atoms with Crippen molar-refractivity contribution in [2.75, 3.05) is 33.3 Å². The zero-order valence-corrected chi connectivity index (χ0v) is 9.79. The van der Waals surface area contributed by atoms with Crippen LogP contribution in [0.15, 0.2) is 0 Å². The highest BCUT2D eigenvalue weighted by molar-refractivity contribution is 5.75. The van der Waals surface area contributed by atoms with Gasteiger partial charge in [0.2, 0.25) is 0 Å². The third-order valence-corrected chi connectivity index (χ3v) is 2.91. The molecule has 1 unspecified atom stereocenters. The van der Waals surface area contributed by atoms with Crippen LogP contribution in [0.25, 0.3) is 0 Å². The van der Waals surface area contributed by atoms with E-state index >= 15 is 0 Å². The molecular formula is C11H22N2O2. The summed E-state index contributed by atoms with van der Waals surface area (Å²) >= 11 is 0. The SMILES string of the molecule is CCC(NCCN1CCCC1)C(=O)OC. The summed E-state index contributed by atoms with van der Waals surface area (Å²) in [5.74, 6) is -0.154. The first kappa shape index (κ1) is 12.5. The predicted octanol–water partition coefficient (Wildman–Crippen LogP) is 0.623. The van der Waals surface area contributed by atoms with Crippen molar-refractivity contribution in [3.05, 3.63) is 0 Å². The fraction of sp³-hybridized carbons (Fsp3) is 0.909. The van der Waals surface area contributed by atoms with E-state index in [1.165, 1.54) is 33.0 Å². The lowest BCUT2D eigenvalue weighted by atomic mass is 10.2. The van der Waals surface area contributed by atoms with Crippen LogP contribution < -0.4 is 5.32 Å². The molecule has 1 atom stereocenters. The molecule has 4 nitrogen and oxygen atoms in total. The Kier molecular flexibility index (Phi) is 5.65. The minimum Gasteiger partial charge on any atom is -0.468 e. The van der Waals surface area contributed by atoms with Gasteiger partial charge >= 0.3 is 5.97 Å². The highest BCUT2D eigenvalue weighted by Gasteiger charge is 2.16. The fourth-order valence-electron chi connectivity index (χ4n) is 1.94. The molecule has 88 valence electrons. The molecule has 1 aliphatic heterocycles. The van der Waals surface area contributed by atoms with Gasteiger partial charge in [-0.3, -0.25) is 4.79 Å². The second-order valence-electron chi connectivity index (χ2n) is 3.99. The lowest BCUT2D eigenvalue weighted by Gasteiger charge is -2.18. The Morgan fingerprint density at radius 3 is 2.67 bits per heavy atom. The number of carbonyl (C=O) groups is 1. The molecule has 0 radical (unpaired) electrons. The molecule has 0 aromatic heterocycles. The number of nitrogens with zero attached hydrogens (tertiary/aromatic N) is 1. The summed E-state index contributed by atoms with van der Waals surface area (Å²) in [7, 11) is 1.44. The largest absolute Gasteiger partial charge is 0.468 e. The maximum Gasteiger partial charge on any atom is 0.322 e. The van der Waals surface area contributed by atoms with Crippen LogP contribution in [-0.4, -0.2) is 50.2 Å². The molecule has 1 heterocycles. The first-order valence-corrected chi connectivity index (χ1v) is 5.81. The average molecular weight is 214 g/mol. The van der Waals surface area contributed by atoms with Gasteiger partial charge in [-0.1, -0.05) is 6.92 Å². The highest BCUT2D eigenvalue weighted by Crippen LogP contribution is 2.05. The van der Waals surface area contributed by atoms with Gasteiger partial charge in [0.25, 0.3) is 0 Å². The van der Waals surface area contributed by atoms with Gasteiger partial charge in [0, 0.05) is 13.1 Å². The van der Waals surface area contributed by atoms with Crippen LogP contribution >= 0.6 is 0 Å². The summed E-state index contributed by atoms with van der Waals surface area (Å²) in [5.41, 5.74) is 0. The maximum absolute atomic E-state index is 11.3. The molecule has 1 N–H and O–H groups in total. The van der Waals surface area contributed by atoms with Crippen LogP contribution in [0.1, 0.15) is 26.2 Å². The van der Waals surface area contributed by atoms with Crippen molar-refractivity contribution in [1.29, 1.82) is 0 Å². The molecule has 1 aliphatic rings. The molecule has 0 amide bonds. The molecule has 1 saturated heterocycles. The van der Waals surface area contributed by atoms with Crippen molar-refractivity contribution in [3.8, 4) is 0 Å². The summed E-state index contributed by atoms with van der Waals surface area (Å²) in [5, 5.41) is 3.23. The standard InChI is InChI=1S/C11H22N2O2/c1-3-10(11(14)15-2)12-6-9-13-7-4-5-8-13/h10,12H,3-9H2,1-2H3. The summed E-state index contributed by atoms with van der Waals surface area (Å²) in [6.07, 6.45) is 3.41. The van der Waals surface area contributed by atoms with E-state index in [1.54, 1.807) is 0 Å². The van der Waals surface area contributed by atoms with Crippen molar-refractivity contribution in [3.63, 3.8) is 0 Å². The molecule has 4 heteroatoms. The van der Waals surface area contributed by atoms with E-state index in [-0.39, 0.29) is 12.0 Å². The van der Waals surface area contributed by atoms with E-state index in [0.717, 1.165) is 19.5 Å². The Balaban J connectivity index is 2.13. The van der Waals surface area contributed by atoms with E-state index in [0.29, 0.717) is 0 Å². The van der Waals surface area contributed by atoms with Crippen LogP contribution in [0.5, 0.6) is 0 Å². The van der Waals surface area contributed by atoms with E-state index in [9.17, 15) is 4.79 Å². The Morgan fingerprint density at radius 2 is 2.13 bits per heavy atom. The minimum atomic E-state index is -0.154. The molecule has 0 aromatic carbocycles. The van der Waals surface area contributed by atoms with E-state index in [4.69, 9.17) is 4.74 Å². The summed E-state index contributed by atoms with van der Waals surface area (Å²) < 4.78 is 4.71. The number of hydrogen-bond donors (Lipinski definition) is 1. The Labute approximate surface area is 92.0 Å². The number of hydrogen-bond acceptors (Lipinski definition) is 4. The lowest BCUT2D eigenvalue weighted by Crippen LogP contribution is -2.41. The van der Waals surface area contributed by atoms with Crippen LogP contribution in [0, 0.1) is 0 Å². The van der Waals surface area contributed by atoms with E-state index in [1.807, 2.05) is 6.92 Å². The molecule has 1 fully saturated rings.